The monoisotopic (exact) mass is 478 g/mol. The van der Waals surface area contributed by atoms with Crippen LogP contribution in [0.3, 0.4) is 0 Å². The summed E-state index contributed by atoms with van der Waals surface area (Å²) in [6.07, 6.45) is 0. The summed E-state index contributed by atoms with van der Waals surface area (Å²) in [6.45, 7) is 1.84. The van der Waals surface area contributed by atoms with Crippen LogP contribution in [0.15, 0.2) is 38.6 Å². The highest BCUT2D eigenvalue weighted by atomic mass is 79.9. The molecule has 0 saturated carbocycles. The minimum atomic E-state index is -0.515. The summed E-state index contributed by atoms with van der Waals surface area (Å²) < 4.78 is 18.1. The van der Waals surface area contributed by atoms with Crippen LogP contribution in [-0.2, 0) is 25.4 Å². The number of para-hydroxylation sites is 1. The standard InChI is InChI=1S/C19H20BrFN6O3/c1-23-16-15(17(29)24(2)19(23)30)22-18(20)27(16)11-14(28)26-9-7-25(8-10-26)13-6-4-3-5-12(13)21/h3-6H,7-11H2,1-2H3. The number of hydrogen-bond acceptors (Lipinski definition) is 5. The Kier molecular flexibility index (Phi) is 5.22. The summed E-state index contributed by atoms with van der Waals surface area (Å²) in [6, 6.07) is 6.57. The fourth-order valence-corrected chi connectivity index (χ4v) is 4.21. The van der Waals surface area contributed by atoms with Gasteiger partial charge in [-0.2, -0.15) is 0 Å². The number of imidazole rings is 1. The second-order valence-electron chi connectivity index (χ2n) is 7.16. The van der Waals surface area contributed by atoms with Crippen molar-refractivity contribution >= 4 is 38.7 Å². The van der Waals surface area contributed by atoms with E-state index in [0.717, 1.165) is 4.57 Å². The van der Waals surface area contributed by atoms with Gasteiger partial charge in [-0.25, -0.2) is 14.2 Å². The molecule has 0 unspecified atom stereocenters. The van der Waals surface area contributed by atoms with Crippen LogP contribution in [0.2, 0.25) is 0 Å². The van der Waals surface area contributed by atoms with Crippen molar-refractivity contribution in [1.29, 1.82) is 0 Å². The molecule has 0 bridgehead atoms. The number of rotatable bonds is 3. The van der Waals surface area contributed by atoms with Crippen LogP contribution in [0.1, 0.15) is 0 Å². The van der Waals surface area contributed by atoms with Crippen molar-refractivity contribution in [3.8, 4) is 0 Å². The lowest BCUT2D eigenvalue weighted by Crippen LogP contribution is -2.50. The van der Waals surface area contributed by atoms with E-state index >= 15 is 0 Å². The van der Waals surface area contributed by atoms with E-state index in [4.69, 9.17) is 0 Å². The molecule has 11 heteroatoms. The number of hydrogen-bond donors (Lipinski definition) is 0. The van der Waals surface area contributed by atoms with Gasteiger partial charge in [0.05, 0.1) is 5.69 Å². The van der Waals surface area contributed by atoms with E-state index in [0.29, 0.717) is 36.6 Å². The third kappa shape index (κ3) is 3.32. The molecule has 1 fully saturated rings. The van der Waals surface area contributed by atoms with Crippen LogP contribution < -0.4 is 16.1 Å². The third-order valence-corrected chi connectivity index (χ3v) is 6.02. The van der Waals surface area contributed by atoms with Crippen molar-refractivity contribution < 1.29 is 9.18 Å². The van der Waals surface area contributed by atoms with Crippen LogP contribution >= 0.6 is 15.9 Å². The molecule has 3 aromatic rings. The van der Waals surface area contributed by atoms with Gasteiger partial charge >= 0.3 is 5.69 Å². The highest BCUT2D eigenvalue weighted by molar-refractivity contribution is 9.10. The molecule has 0 atom stereocenters. The summed E-state index contributed by atoms with van der Waals surface area (Å²) in [5, 5.41) is 0. The van der Waals surface area contributed by atoms with E-state index in [1.54, 1.807) is 23.1 Å². The molecule has 9 nitrogen and oxygen atoms in total. The molecule has 158 valence electrons. The van der Waals surface area contributed by atoms with Gasteiger partial charge in [-0.3, -0.25) is 23.3 Å². The number of halogens is 2. The maximum atomic E-state index is 14.0. The molecular weight excluding hydrogens is 459 g/mol. The van der Waals surface area contributed by atoms with Gasteiger partial charge in [-0.15, -0.1) is 0 Å². The predicted molar refractivity (Wildman–Crippen MR) is 113 cm³/mol. The molecule has 1 aromatic carbocycles. The Morgan fingerprint density at radius 2 is 1.77 bits per heavy atom. The van der Waals surface area contributed by atoms with E-state index in [1.165, 1.54) is 29.3 Å². The first-order valence-electron chi connectivity index (χ1n) is 9.38. The highest BCUT2D eigenvalue weighted by Crippen LogP contribution is 2.21. The van der Waals surface area contributed by atoms with Gasteiger partial charge in [0.2, 0.25) is 5.91 Å². The van der Waals surface area contributed by atoms with Gasteiger partial charge < -0.3 is 9.80 Å². The van der Waals surface area contributed by atoms with Gasteiger partial charge in [-0.1, -0.05) is 12.1 Å². The molecule has 1 aliphatic heterocycles. The molecule has 0 spiro atoms. The van der Waals surface area contributed by atoms with Crippen molar-refractivity contribution in [3.05, 3.63) is 55.7 Å². The van der Waals surface area contributed by atoms with Crippen LogP contribution in [0.5, 0.6) is 0 Å². The number of aryl methyl sites for hydroxylation is 1. The topological polar surface area (TPSA) is 85.4 Å². The fourth-order valence-electron chi connectivity index (χ4n) is 3.74. The summed E-state index contributed by atoms with van der Waals surface area (Å²) >= 11 is 3.30. The summed E-state index contributed by atoms with van der Waals surface area (Å²) in [4.78, 5) is 45.4. The van der Waals surface area contributed by atoms with Crippen molar-refractivity contribution in [2.75, 3.05) is 31.1 Å². The van der Waals surface area contributed by atoms with E-state index in [2.05, 4.69) is 20.9 Å². The zero-order valence-corrected chi connectivity index (χ0v) is 18.1. The number of benzene rings is 1. The number of fused-ring (bicyclic) bond motifs is 1. The lowest BCUT2D eigenvalue weighted by molar-refractivity contribution is -0.132. The van der Waals surface area contributed by atoms with Gasteiger partial charge in [-0.05, 0) is 28.1 Å². The Bertz CT molecular complexity index is 1260. The average molecular weight is 479 g/mol. The number of carbonyl (C=O) groups excluding carboxylic acids is 1. The lowest BCUT2D eigenvalue weighted by atomic mass is 10.2. The quantitative estimate of drug-likeness (QED) is 0.516. The molecule has 1 saturated heterocycles. The minimum absolute atomic E-state index is 0.0722. The Labute approximate surface area is 179 Å². The number of aromatic nitrogens is 4. The molecule has 0 N–H and O–H groups in total. The summed E-state index contributed by atoms with van der Waals surface area (Å²) in [7, 11) is 2.92. The van der Waals surface area contributed by atoms with E-state index < -0.39 is 11.2 Å². The number of amides is 1. The summed E-state index contributed by atoms with van der Waals surface area (Å²) in [5.41, 5.74) is -0.0821. The molecule has 2 aromatic heterocycles. The van der Waals surface area contributed by atoms with E-state index in [1.807, 2.05) is 4.90 Å². The normalized spacial score (nSPS) is 14.5. The van der Waals surface area contributed by atoms with Crippen molar-refractivity contribution in [2.45, 2.75) is 6.54 Å². The first-order chi connectivity index (χ1) is 14.3. The van der Waals surface area contributed by atoms with Crippen molar-refractivity contribution in [1.82, 2.24) is 23.6 Å². The van der Waals surface area contributed by atoms with Crippen molar-refractivity contribution in [2.24, 2.45) is 14.1 Å². The number of carbonyl (C=O) groups is 1. The second kappa shape index (κ2) is 7.71. The first-order valence-corrected chi connectivity index (χ1v) is 10.2. The fraction of sp³-hybridized carbons (Fsp3) is 0.368. The Morgan fingerprint density at radius 1 is 1.10 bits per heavy atom. The molecule has 1 aliphatic rings. The number of anilines is 1. The Balaban J connectivity index is 1.55. The Morgan fingerprint density at radius 3 is 2.43 bits per heavy atom. The Hall–Kier alpha value is -2.95. The predicted octanol–water partition coefficient (Wildman–Crippen LogP) is 0.684. The van der Waals surface area contributed by atoms with Crippen LogP contribution in [-0.4, -0.2) is 55.7 Å². The zero-order chi connectivity index (χ0) is 21.6. The third-order valence-electron chi connectivity index (χ3n) is 5.41. The molecule has 0 radical (unpaired) electrons. The van der Waals surface area contributed by atoms with Gasteiger partial charge in [0, 0.05) is 40.3 Å². The second-order valence-corrected chi connectivity index (χ2v) is 7.87. The maximum absolute atomic E-state index is 14.0. The van der Waals surface area contributed by atoms with Gasteiger partial charge in [0.25, 0.3) is 5.56 Å². The van der Waals surface area contributed by atoms with E-state index in [9.17, 15) is 18.8 Å². The molecular formula is C19H20BrFN6O3. The van der Waals surface area contributed by atoms with Crippen LogP contribution in [0, 0.1) is 5.82 Å². The maximum Gasteiger partial charge on any atom is 0.332 e. The van der Waals surface area contributed by atoms with Crippen LogP contribution in [0.25, 0.3) is 11.2 Å². The first kappa shape index (κ1) is 20.3. The largest absolute Gasteiger partial charge is 0.366 e. The van der Waals surface area contributed by atoms with Crippen LogP contribution in [0.4, 0.5) is 10.1 Å². The van der Waals surface area contributed by atoms with E-state index in [-0.39, 0.29) is 29.4 Å². The molecule has 0 aliphatic carbocycles. The smallest absolute Gasteiger partial charge is 0.332 e. The molecule has 3 heterocycles. The van der Waals surface area contributed by atoms with Gasteiger partial charge in [0.15, 0.2) is 15.9 Å². The number of piperazine rings is 1. The lowest BCUT2D eigenvalue weighted by Gasteiger charge is -2.36. The zero-order valence-electron chi connectivity index (χ0n) is 16.5. The van der Waals surface area contributed by atoms with Crippen molar-refractivity contribution in [3.63, 3.8) is 0 Å². The SMILES string of the molecule is Cn1c(=O)c2nc(Br)n(CC(=O)N3CCN(c4ccccc4F)CC3)c2n(C)c1=O. The molecule has 30 heavy (non-hydrogen) atoms. The minimum Gasteiger partial charge on any atom is -0.366 e. The number of nitrogens with zero attached hydrogens (tertiary/aromatic N) is 6. The average Bonchev–Trinajstić information content (AvgIpc) is 3.07. The molecule has 4 rings (SSSR count). The summed E-state index contributed by atoms with van der Waals surface area (Å²) in [5.74, 6) is -0.454. The molecule has 1 amide bonds. The highest BCUT2D eigenvalue weighted by Gasteiger charge is 2.25. The van der Waals surface area contributed by atoms with Gasteiger partial charge in [0.1, 0.15) is 12.4 Å².